The summed E-state index contributed by atoms with van der Waals surface area (Å²) in [6.07, 6.45) is 0. The van der Waals surface area contributed by atoms with E-state index in [2.05, 4.69) is 0 Å². The number of alkyl halides is 1. The smallest absolute Gasteiger partial charge is 0.131 e. The Labute approximate surface area is 127 Å². The molecule has 2 aromatic carbocycles. The van der Waals surface area contributed by atoms with Gasteiger partial charge in [0.25, 0.3) is 0 Å². The predicted octanol–water partition coefficient (Wildman–Crippen LogP) is 4.62. The number of rotatable bonds is 4. The van der Waals surface area contributed by atoms with Crippen LogP contribution in [0.3, 0.4) is 0 Å². The van der Waals surface area contributed by atoms with Gasteiger partial charge in [-0.3, -0.25) is 0 Å². The van der Waals surface area contributed by atoms with E-state index in [9.17, 15) is 8.78 Å². The van der Waals surface area contributed by atoms with Crippen LogP contribution in [-0.2, 0) is 0 Å². The molecule has 1 unspecified atom stereocenters. The highest BCUT2D eigenvalue weighted by atomic mass is 35.5. The molecule has 0 saturated heterocycles. The molecule has 0 fully saturated rings. The number of methoxy groups -OCH3 is 2. The molecule has 0 saturated carbocycles. The van der Waals surface area contributed by atoms with Crippen molar-refractivity contribution in [2.45, 2.75) is 12.3 Å². The van der Waals surface area contributed by atoms with Crippen LogP contribution in [0, 0.1) is 18.6 Å². The lowest BCUT2D eigenvalue weighted by Gasteiger charge is -2.15. The molecule has 0 spiro atoms. The molecule has 1 atom stereocenters. The van der Waals surface area contributed by atoms with Gasteiger partial charge in [-0.2, -0.15) is 0 Å². The van der Waals surface area contributed by atoms with Crippen molar-refractivity contribution in [3.8, 4) is 11.5 Å². The van der Waals surface area contributed by atoms with E-state index in [0.29, 0.717) is 22.6 Å². The minimum absolute atomic E-state index is 0.214. The number of benzene rings is 2. The second-order valence-electron chi connectivity index (χ2n) is 4.63. The van der Waals surface area contributed by atoms with Crippen LogP contribution in [0.25, 0.3) is 0 Å². The molecule has 21 heavy (non-hydrogen) atoms. The molecule has 0 N–H and O–H groups in total. The minimum Gasteiger partial charge on any atom is -0.497 e. The standard InChI is InChI=1S/C16H15ClF2O2/c1-9-4-13(15(19)8-14(9)18)16(17)10-5-11(20-2)7-12(6-10)21-3/h4-8,16H,1-3H3. The molecule has 0 heterocycles. The summed E-state index contributed by atoms with van der Waals surface area (Å²) >= 11 is 6.35. The average molecular weight is 313 g/mol. The number of halogens is 3. The number of hydrogen-bond acceptors (Lipinski definition) is 2. The van der Waals surface area contributed by atoms with E-state index >= 15 is 0 Å². The van der Waals surface area contributed by atoms with Gasteiger partial charge < -0.3 is 9.47 Å². The minimum atomic E-state index is -0.770. The maximum absolute atomic E-state index is 13.9. The van der Waals surface area contributed by atoms with E-state index in [-0.39, 0.29) is 5.56 Å². The lowest BCUT2D eigenvalue weighted by atomic mass is 10.0. The quantitative estimate of drug-likeness (QED) is 0.767. The normalized spacial score (nSPS) is 12.1. The second-order valence-corrected chi connectivity index (χ2v) is 5.07. The third kappa shape index (κ3) is 3.27. The molecule has 112 valence electrons. The molecule has 2 nitrogen and oxygen atoms in total. The van der Waals surface area contributed by atoms with Crippen molar-refractivity contribution in [2.75, 3.05) is 14.2 Å². The third-order valence-electron chi connectivity index (χ3n) is 3.22. The Morgan fingerprint density at radius 3 is 2.00 bits per heavy atom. The highest BCUT2D eigenvalue weighted by molar-refractivity contribution is 6.22. The van der Waals surface area contributed by atoms with Gasteiger partial charge in [-0.1, -0.05) is 0 Å². The summed E-state index contributed by atoms with van der Waals surface area (Å²) < 4.78 is 37.6. The molecule has 2 rings (SSSR count). The van der Waals surface area contributed by atoms with Crippen LogP contribution < -0.4 is 9.47 Å². The lowest BCUT2D eigenvalue weighted by Crippen LogP contribution is -2.01. The largest absolute Gasteiger partial charge is 0.497 e. The van der Waals surface area contributed by atoms with Gasteiger partial charge in [-0.05, 0) is 36.2 Å². The molecular weight excluding hydrogens is 298 g/mol. The molecule has 0 amide bonds. The van der Waals surface area contributed by atoms with Gasteiger partial charge in [0.15, 0.2) is 0 Å². The van der Waals surface area contributed by atoms with Crippen LogP contribution in [0.5, 0.6) is 11.5 Å². The van der Waals surface area contributed by atoms with Crippen molar-refractivity contribution in [3.05, 3.63) is 58.7 Å². The first kappa shape index (κ1) is 15.6. The fraction of sp³-hybridized carbons (Fsp3) is 0.250. The Bertz CT molecular complexity index is 637. The van der Waals surface area contributed by atoms with Gasteiger partial charge in [0.1, 0.15) is 23.1 Å². The average Bonchev–Trinajstić information content (AvgIpc) is 2.49. The number of ether oxygens (including phenoxy) is 2. The monoisotopic (exact) mass is 312 g/mol. The SMILES string of the molecule is COc1cc(OC)cc(C(Cl)c2cc(C)c(F)cc2F)c1. The van der Waals surface area contributed by atoms with Crippen LogP contribution in [-0.4, -0.2) is 14.2 Å². The fourth-order valence-electron chi connectivity index (χ4n) is 2.03. The van der Waals surface area contributed by atoms with E-state index in [4.69, 9.17) is 21.1 Å². The Morgan fingerprint density at radius 1 is 0.905 bits per heavy atom. The summed E-state index contributed by atoms with van der Waals surface area (Å²) in [5.74, 6) is -0.174. The summed E-state index contributed by atoms with van der Waals surface area (Å²) in [6.45, 7) is 1.56. The van der Waals surface area contributed by atoms with Crippen molar-refractivity contribution in [1.29, 1.82) is 0 Å². The van der Waals surface area contributed by atoms with Crippen molar-refractivity contribution < 1.29 is 18.3 Å². The maximum Gasteiger partial charge on any atom is 0.131 e. The summed E-state index contributed by atoms with van der Waals surface area (Å²) in [6, 6.07) is 7.34. The molecule has 0 aromatic heterocycles. The first-order valence-corrected chi connectivity index (χ1v) is 6.72. The highest BCUT2D eigenvalue weighted by Gasteiger charge is 2.19. The van der Waals surface area contributed by atoms with Crippen LogP contribution in [0.15, 0.2) is 30.3 Å². The van der Waals surface area contributed by atoms with Crippen molar-refractivity contribution >= 4 is 11.6 Å². The van der Waals surface area contributed by atoms with E-state index in [1.54, 1.807) is 25.1 Å². The number of hydrogen-bond donors (Lipinski definition) is 0. The number of aryl methyl sites for hydroxylation is 1. The van der Waals surface area contributed by atoms with E-state index in [1.807, 2.05) is 0 Å². The Kier molecular flexibility index (Phi) is 4.68. The first-order chi connectivity index (χ1) is 9.96. The molecule has 0 bridgehead atoms. The first-order valence-electron chi connectivity index (χ1n) is 6.29. The Morgan fingerprint density at radius 2 is 1.48 bits per heavy atom. The highest BCUT2D eigenvalue weighted by Crippen LogP contribution is 2.35. The third-order valence-corrected chi connectivity index (χ3v) is 3.70. The summed E-state index contributed by atoms with van der Waals surface area (Å²) in [7, 11) is 3.04. The zero-order chi connectivity index (χ0) is 15.6. The second kappa shape index (κ2) is 6.31. The van der Waals surface area contributed by atoms with Crippen molar-refractivity contribution in [1.82, 2.24) is 0 Å². The van der Waals surface area contributed by atoms with Gasteiger partial charge in [0.2, 0.25) is 0 Å². The topological polar surface area (TPSA) is 18.5 Å². The zero-order valence-corrected chi connectivity index (χ0v) is 12.7. The Hall–Kier alpha value is -1.81. The summed E-state index contributed by atoms with van der Waals surface area (Å²) in [5, 5.41) is -0.770. The molecule has 0 aliphatic carbocycles. The van der Waals surface area contributed by atoms with Gasteiger partial charge in [-0.25, -0.2) is 8.78 Å². The van der Waals surface area contributed by atoms with Crippen LogP contribution in [0.2, 0.25) is 0 Å². The van der Waals surface area contributed by atoms with Crippen molar-refractivity contribution in [3.63, 3.8) is 0 Å². The van der Waals surface area contributed by atoms with Crippen LogP contribution in [0.4, 0.5) is 8.78 Å². The van der Waals surface area contributed by atoms with Crippen molar-refractivity contribution in [2.24, 2.45) is 0 Å². The van der Waals surface area contributed by atoms with Gasteiger partial charge in [0, 0.05) is 17.7 Å². The fourth-order valence-corrected chi connectivity index (χ4v) is 2.32. The molecule has 0 aliphatic heterocycles. The van der Waals surface area contributed by atoms with Crippen LogP contribution >= 0.6 is 11.6 Å². The molecule has 5 heteroatoms. The lowest BCUT2D eigenvalue weighted by molar-refractivity contribution is 0.393. The van der Waals surface area contributed by atoms with Gasteiger partial charge in [-0.15, -0.1) is 11.6 Å². The predicted molar refractivity (Wildman–Crippen MR) is 78.3 cm³/mol. The van der Waals surface area contributed by atoms with Crippen LogP contribution in [0.1, 0.15) is 22.1 Å². The molecule has 2 aromatic rings. The zero-order valence-electron chi connectivity index (χ0n) is 11.9. The summed E-state index contributed by atoms with van der Waals surface area (Å²) in [5.41, 5.74) is 1.16. The molecular formula is C16H15ClF2O2. The van der Waals surface area contributed by atoms with E-state index in [0.717, 1.165) is 6.07 Å². The maximum atomic E-state index is 13.9. The summed E-state index contributed by atoms with van der Waals surface area (Å²) in [4.78, 5) is 0. The van der Waals surface area contributed by atoms with E-state index in [1.165, 1.54) is 20.3 Å². The molecule has 0 aliphatic rings. The van der Waals surface area contributed by atoms with E-state index < -0.39 is 17.0 Å². The van der Waals surface area contributed by atoms with Gasteiger partial charge in [0.05, 0.1) is 19.6 Å². The van der Waals surface area contributed by atoms with Gasteiger partial charge >= 0.3 is 0 Å². The molecule has 0 radical (unpaired) electrons. The Balaban J connectivity index is 2.49.